The molecule has 0 aliphatic carbocycles. The van der Waals surface area contributed by atoms with Crippen molar-refractivity contribution in [3.63, 3.8) is 0 Å². The number of aryl methyl sites for hydroxylation is 1. The number of ether oxygens (including phenoxy) is 1. The number of nitrogens with zero attached hydrogens (tertiary/aromatic N) is 3. The topological polar surface area (TPSA) is 52.1 Å². The molecule has 1 aromatic carbocycles. The van der Waals surface area contributed by atoms with Gasteiger partial charge in [-0.25, -0.2) is 0 Å². The third-order valence-corrected chi connectivity index (χ3v) is 5.19. The van der Waals surface area contributed by atoms with Crippen LogP contribution in [-0.2, 0) is 6.42 Å². The van der Waals surface area contributed by atoms with Gasteiger partial charge in [0.05, 0.1) is 7.11 Å². The molecule has 0 amide bonds. The first-order chi connectivity index (χ1) is 13.0. The van der Waals surface area contributed by atoms with Crippen molar-refractivity contribution in [1.82, 2.24) is 20.4 Å². The molecule has 27 heavy (non-hydrogen) atoms. The van der Waals surface area contributed by atoms with Crippen molar-refractivity contribution in [2.45, 2.75) is 20.3 Å². The molecule has 1 atom stereocenters. The monoisotopic (exact) mass is 375 g/mol. The molecular weight excluding hydrogens is 338 g/mol. The van der Waals surface area contributed by atoms with Gasteiger partial charge in [0, 0.05) is 52.9 Å². The molecule has 1 fully saturated rings. The van der Waals surface area contributed by atoms with Gasteiger partial charge in [-0.15, -0.1) is 0 Å². The van der Waals surface area contributed by atoms with Crippen LogP contribution in [0.2, 0.25) is 0 Å². The predicted molar refractivity (Wildman–Crippen MR) is 114 cm³/mol. The molecule has 0 radical (unpaired) electrons. The van der Waals surface area contributed by atoms with E-state index >= 15 is 0 Å². The fourth-order valence-corrected chi connectivity index (χ4v) is 3.37. The summed E-state index contributed by atoms with van der Waals surface area (Å²) in [4.78, 5) is 9.31. The third kappa shape index (κ3) is 7.39. The molecule has 0 spiro atoms. The Morgan fingerprint density at radius 1 is 1.22 bits per heavy atom. The van der Waals surface area contributed by atoms with Crippen LogP contribution in [0.25, 0.3) is 0 Å². The maximum Gasteiger partial charge on any atom is 0.190 e. The summed E-state index contributed by atoms with van der Waals surface area (Å²) in [7, 11) is 5.75. The smallest absolute Gasteiger partial charge is 0.190 e. The van der Waals surface area contributed by atoms with E-state index in [1.54, 1.807) is 7.11 Å². The summed E-state index contributed by atoms with van der Waals surface area (Å²) in [5, 5.41) is 6.88. The molecule has 1 aliphatic heterocycles. The van der Waals surface area contributed by atoms with Crippen molar-refractivity contribution in [2.24, 2.45) is 10.9 Å². The predicted octanol–water partition coefficient (Wildman–Crippen LogP) is 1.59. The number of methoxy groups -OCH3 is 1. The molecule has 1 aromatic rings. The second-order valence-electron chi connectivity index (χ2n) is 7.64. The molecule has 2 N–H and O–H groups in total. The van der Waals surface area contributed by atoms with Crippen molar-refractivity contribution in [3.8, 4) is 5.75 Å². The molecule has 1 aliphatic rings. The molecule has 1 saturated heterocycles. The summed E-state index contributed by atoms with van der Waals surface area (Å²) in [6.45, 7) is 12.0. The number of piperazine rings is 1. The van der Waals surface area contributed by atoms with Crippen LogP contribution >= 0.6 is 0 Å². The molecule has 0 aromatic heterocycles. The third-order valence-electron chi connectivity index (χ3n) is 5.19. The van der Waals surface area contributed by atoms with Crippen LogP contribution in [0.3, 0.4) is 0 Å². The highest BCUT2D eigenvalue weighted by Crippen LogP contribution is 2.18. The van der Waals surface area contributed by atoms with E-state index < -0.39 is 0 Å². The molecule has 152 valence electrons. The van der Waals surface area contributed by atoms with E-state index in [2.05, 4.69) is 64.5 Å². The standard InChI is InChI=1S/C21H37N5O/c1-17(16-26-12-10-25(4)11-13-26)15-24-21(22-3)23-9-8-19-7-6-18(2)20(14-19)27-5/h6-7,14,17H,8-13,15-16H2,1-5H3,(H2,22,23,24). The number of likely N-dealkylation sites (N-methyl/N-ethyl adjacent to an activating group) is 1. The van der Waals surface area contributed by atoms with Gasteiger partial charge >= 0.3 is 0 Å². The highest BCUT2D eigenvalue weighted by atomic mass is 16.5. The van der Waals surface area contributed by atoms with Gasteiger partial charge in [-0.05, 0) is 43.5 Å². The van der Waals surface area contributed by atoms with Crippen LogP contribution in [-0.4, -0.2) is 82.8 Å². The second-order valence-corrected chi connectivity index (χ2v) is 7.64. The number of hydrogen-bond acceptors (Lipinski definition) is 4. The van der Waals surface area contributed by atoms with E-state index in [9.17, 15) is 0 Å². The first-order valence-electron chi connectivity index (χ1n) is 10.0. The van der Waals surface area contributed by atoms with Crippen molar-refractivity contribution in [1.29, 1.82) is 0 Å². The quantitative estimate of drug-likeness (QED) is 0.534. The summed E-state index contributed by atoms with van der Waals surface area (Å²) in [6.07, 6.45) is 0.939. The zero-order chi connectivity index (χ0) is 19.6. The van der Waals surface area contributed by atoms with E-state index in [-0.39, 0.29) is 0 Å². The summed E-state index contributed by atoms with van der Waals surface area (Å²) < 4.78 is 5.40. The Hall–Kier alpha value is -1.79. The van der Waals surface area contributed by atoms with Gasteiger partial charge in [0.15, 0.2) is 5.96 Å². The summed E-state index contributed by atoms with van der Waals surface area (Å²) in [5.41, 5.74) is 2.44. The Morgan fingerprint density at radius 3 is 2.63 bits per heavy atom. The molecular formula is C21H37N5O. The fraction of sp³-hybridized carbons (Fsp3) is 0.667. The van der Waals surface area contributed by atoms with E-state index in [4.69, 9.17) is 4.74 Å². The molecule has 1 unspecified atom stereocenters. The lowest BCUT2D eigenvalue weighted by atomic mass is 10.1. The van der Waals surface area contributed by atoms with Gasteiger partial charge in [-0.1, -0.05) is 19.1 Å². The zero-order valence-electron chi connectivity index (χ0n) is 17.7. The van der Waals surface area contributed by atoms with E-state index in [0.717, 1.165) is 37.8 Å². The Bertz CT molecular complexity index is 596. The Morgan fingerprint density at radius 2 is 1.96 bits per heavy atom. The Kier molecular flexibility index (Phi) is 8.88. The number of nitrogens with one attached hydrogen (secondary N) is 2. The number of hydrogen-bond donors (Lipinski definition) is 2. The molecule has 0 bridgehead atoms. The van der Waals surface area contributed by atoms with Gasteiger partial charge in [0.1, 0.15) is 5.75 Å². The summed E-state index contributed by atoms with van der Waals surface area (Å²) >= 11 is 0. The normalized spacial score (nSPS) is 17.6. The molecule has 0 saturated carbocycles. The van der Waals surface area contributed by atoms with E-state index in [1.165, 1.54) is 37.3 Å². The van der Waals surface area contributed by atoms with Crippen LogP contribution in [0.4, 0.5) is 0 Å². The summed E-state index contributed by atoms with van der Waals surface area (Å²) in [5.74, 6) is 2.42. The van der Waals surface area contributed by atoms with Crippen molar-refractivity contribution in [3.05, 3.63) is 29.3 Å². The number of benzene rings is 1. The maximum absolute atomic E-state index is 5.40. The molecule has 6 nitrogen and oxygen atoms in total. The average Bonchev–Trinajstić information content (AvgIpc) is 2.67. The van der Waals surface area contributed by atoms with Crippen molar-refractivity contribution >= 4 is 5.96 Å². The number of guanidine groups is 1. The zero-order valence-corrected chi connectivity index (χ0v) is 17.7. The molecule has 2 rings (SSSR count). The Balaban J connectivity index is 1.68. The van der Waals surface area contributed by atoms with Crippen molar-refractivity contribution in [2.75, 3.05) is 67.0 Å². The lowest BCUT2D eigenvalue weighted by Crippen LogP contribution is -2.47. The van der Waals surface area contributed by atoms with Gasteiger partial charge in [0.25, 0.3) is 0 Å². The SMILES string of the molecule is CN=C(NCCc1ccc(C)c(OC)c1)NCC(C)CN1CCN(C)CC1. The molecule has 6 heteroatoms. The highest BCUT2D eigenvalue weighted by molar-refractivity contribution is 5.79. The van der Waals surface area contributed by atoms with Crippen LogP contribution in [0.1, 0.15) is 18.1 Å². The minimum absolute atomic E-state index is 0.591. The van der Waals surface area contributed by atoms with Gasteiger partial charge in [0.2, 0.25) is 0 Å². The maximum atomic E-state index is 5.40. The second kappa shape index (κ2) is 11.1. The first kappa shape index (κ1) is 21.5. The first-order valence-corrected chi connectivity index (χ1v) is 10.0. The summed E-state index contributed by atoms with van der Waals surface area (Å²) in [6, 6.07) is 6.39. The van der Waals surface area contributed by atoms with Crippen LogP contribution < -0.4 is 15.4 Å². The Labute approximate surface area is 165 Å². The lowest BCUT2D eigenvalue weighted by molar-refractivity contribution is 0.139. The van der Waals surface area contributed by atoms with E-state index in [1.807, 2.05) is 7.05 Å². The highest BCUT2D eigenvalue weighted by Gasteiger charge is 2.16. The number of rotatable bonds is 8. The number of aliphatic imine (C=N–C) groups is 1. The average molecular weight is 376 g/mol. The lowest BCUT2D eigenvalue weighted by Gasteiger charge is -2.34. The van der Waals surface area contributed by atoms with Gasteiger partial charge in [-0.3, -0.25) is 4.99 Å². The minimum Gasteiger partial charge on any atom is -0.496 e. The van der Waals surface area contributed by atoms with Gasteiger partial charge in [-0.2, -0.15) is 0 Å². The van der Waals surface area contributed by atoms with Crippen molar-refractivity contribution < 1.29 is 4.74 Å². The largest absolute Gasteiger partial charge is 0.496 e. The van der Waals surface area contributed by atoms with Gasteiger partial charge < -0.3 is 25.2 Å². The van der Waals surface area contributed by atoms with E-state index in [0.29, 0.717) is 5.92 Å². The minimum atomic E-state index is 0.591. The van der Waals surface area contributed by atoms with Crippen LogP contribution in [0, 0.1) is 12.8 Å². The van der Waals surface area contributed by atoms with Crippen LogP contribution in [0.5, 0.6) is 5.75 Å². The molecule has 1 heterocycles. The fourth-order valence-electron chi connectivity index (χ4n) is 3.37. The van der Waals surface area contributed by atoms with Crippen LogP contribution in [0.15, 0.2) is 23.2 Å².